The van der Waals surface area contributed by atoms with E-state index in [1.807, 2.05) is 31.2 Å². The highest BCUT2D eigenvalue weighted by Gasteiger charge is 2.23. The standard InChI is InChI=1S/C20H18FN3OS/c1-3-13-24(19(25)16-7-5-6-8-17(16)21)20-23-22-18(26-20)15-11-9-14(4-2)10-12-15/h4-12H,2-3,13H2,1H3. The third-order valence-corrected chi connectivity index (χ3v) is 4.83. The van der Waals surface area contributed by atoms with Crippen molar-refractivity contribution in [1.82, 2.24) is 10.2 Å². The second-order valence-corrected chi connectivity index (χ2v) is 6.61. The largest absolute Gasteiger partial charge is 0.282 e. The summed E-state index contributed by atoms with van der Waals surface area (Å²) >= 11 is 1.31. The normalized spacial score (nSPS) is 10.5. The first-order chi connectivity index (χ1) is 12.6. The average molecular weight is 367 g/mol. The van der Waals surface area contributed by atoms with Crippen molar-refractivity contribution in [2.45, 2.75) is 13.3 Å². The van der Waals surface area contributed by atoms with E-state index in [2.05, 4.69) is 16.8 Å². The first kappa shape index (κ1) is 17.9. The SMILES string of the molecule is C=Cc1ccc(-c2nnc(N(CCC)C(=O)c3ccccc3F)s2)cc1. The van der Waals surface area contributed by atoms with Crippen LogP contribution in [-0.2, 0) is 0 Å². The molecule has 0 fully saturated rings. The van der Waals surface area contributed by atoms with Crippen molar-refractivity contribution in [3.05, 3.63) is 72.1 Å². The smallest absolute Gasteiger partial charge is 0.263 e. The second kappa shape index (κ2) is 8.01. The van der Waals surface area contributed by atoms with Gasteiger partial charge in [0.2, 0.25) is 5.13 Å². The molecule has 4 nitrogen and oxygen atoms in total. The molecule has 0 N–H and O–H groups in total. The van der Waals surface area contributed by atoms with Gasteiger partial charge in [-0.1, -0.05) is 67.3 Å². The predicted molar refractivity (Wildman–Crippen MR) is 104 cm³/mol. The van der Waals surface area contributed by atoms with Crippen LogP contribution in [0.25, 0.3) is 16.6 Å². The number of halogens is 1. The molecular formula is C20H18FN3OS. The Morgan fingerprint density at radius 2 is 1.92 bits per heavy atom. The van der Waals surface area contributed by atoms with Crippen molar-refractivity contribution in [1.29, 1.82) is 0 Å². The van der Waals surface area contributed by atoms with Gasteiger partial charge in [-0.25, -0.2) is 4.39 Å². The van der Waals surface area contributed by atoms with E-state index in [1.54, 1.807) is 18.2 Å². The van der Waals surface area contributed by atoms with Gasteiger partial charge in [0.05, 0.1) is 5.56 Å². The van der Waals surface area contributed by atoms with E-state index in [4.69, 9.17) is 0 Å². The first-order valence-corrected chi connectivity index (χ1v) is 9.08. The Hall–Kier alpha value is -2.86. The molecule has 6 heteroatoms. The van der Waals surface area contributed by atoms with Crippen molar-refractivity contribution < 1.29 is 9.18 Å². The van der Waals surface area contributed by atoms with Crippen molar-refractivity contribution in [3.8, 4) is 10.6 Å². The highest BCUT2D eigenvalue weighted by molar-refractivity contribution is 7.18. The summed E-state index contributed by atoms with van der Waals surface area (Å²) in [5, 5.41) is 9.53. The van der Waals surface area contributed by atoms with Crippen LogP contribution >= 0.6 is 11.3 Å². The Labute approximate surface area is 155 Å². The molecule has 132 valence electrons. The Bertz CT molecular complexity index is 921. The molecule has 3 rings (SSSR count). The highest BCUT2D eigenvalue weighted by Crippen LogP contribution is 2.30. The second-order valence-electron chi connectivity index (χ2n) is 5.65. The molecule has 0 spiro atoms. The molecule has 0 aliphatic heterocycles. The zero-order chi connectivity index (χ0) is 18.5. The van der Waals surface area contributed by atoms with Crippen LogP contribution in [0.1, 0.15) is 29.3 Å². The van der Waals surface area contributed by atoms with Crippen LogP contribution in [0.5, 0.6) is 0 Å². The molecule has 0 saturated carbocycles. The zero-order valence-electron chi connectivity index (χ0n) is 14.4. The van der Waals surface area contributed by atoms with Gasteiger partial charge in [0, 0.05) is 12.1 Å². The van der Waals surface area contributed by atoms with Crippen LogP contribution in [0.3, 0.4) is 0 Å². The summed E-state index contributed by atoms with van der Waals surface area (Å²) in [6.45, 7) is 6.13. The number of hydrogen-bond acceptors (Lipinski definition) is 4. The average Bonchev–Trinajstić information content (AvgIpc) is 3.16. The van der Waals surface area contributed by atoms with Gasteiger partial charge in [-0.05, 0) is 24.1 Å². The number of nitrogens with zero attached hydrogens (tertiary/aromatic N) is 3. The lowest BCUT2D eigenvalue weighted by Crippen LogP contribution is -2.32. The summed E-state index contributed by atoms with van der Waals surface area (Å²) in [7, 11) is 0. The maximum absolute atomic E-state index is 14.0. The van der Waals surface area contributed by atoms with Crippen LogP contribution in [0.4, 0.5) is 9.52 Å². The molecule has 1 heterocycles. The van der Waals surface area contributed by atoms with Gasteiger partial charge in [-0.2, -0.15) is 0 Å². The van der Waals surface area contributed by atoms with Crippen molar-refractivity contribution in [2.24, 2.45) is 0 Å². The number of anilines is 1. The summed E-state index contributed by atoms with van der Waals surface area (Å²) in [5.74, 6) is -0.946. The maximum atomic E-state index is 14.0. The number of benzene rings is 2. The minimum atomic E-state index is -0.539. The Morgan fingerprint density at radius 1 is 1.19 bits per heavy atom. The molecule has 0 aliphatic carbocycles. The zero-order valence-corrected chi connectivity index (χ0v) is 15.2. The van der Waals surface area contributed by atoms with E-state index in [9.17, 15) is 9.18 Å². The summed E-state index contributed by atoms with van der Waals surface area (Å²) < 4.78 is 14.0. The van der Waals surface area contributed by atoms with E-state index in [-0.39, 0.29) is 5.56 Å². The molecule has 0 radical (unpaired) electrons. The Morgan fingerprint density at radius 3 is 2.58 bits per heavy atom. The Kier molecular flexibility index (Phi) is 5.53. The lowest BCUT2D eigenvalue weighted by Gasteiger charge is -2.18. The lowest BCUT2D eigenvalue weighted by molar-refractivity contribution is 0.0983. The highest BCUT2D eigenvalue weighted by atomic mass is 32.1. The molecule has 3 aromatic rings. The van der Waals surface area contributed by atoms with E-state index < -0.39 is 11.7 Å². The Balaban J connectivity index is 1.91. The number of carbonyl (C=O) groups excluding carboxylic acids is 1. The number of hydrogen-bond donors (Lipinski definition) is 0. The van der Waals surface area contributed by atoms with Gasteiger partial charge in [0.1, 0.15) is 10.8 Å². The van der Waals surface area contributed by atoms with Crippen molar-refractivity contribution >= 4 is 28.5 Å². The predicted octanol–water partition coefficient (Wildman–Crippen LogP) is 5.04. The van der Waals surface area contributed by atoms with Crippen LogP contribution in [0.15, 0.2) is 55.1 Å². The number of amides is 1. The van der Waals surface area contributed by atoms with E-state index >= 15 is 0 Å². The van der Waals surface area contributed by atoms with Gasteiger partial charge >= 0.3 is 0 Å². The third-order valence-electron chi connectivity index (χ3n) is 3.84. The number of aromatic nitrogens is 2. The maximum Gasteiger partial charge on any atom is 0.263 e. The van der Waals surface area contributed by atoms with E-state index in [0.717, 1.165) is 17.5 Å². The van der Waals surface area contributed by atoms with Crippen LogP contribution < -0.4 is 4.90 Å². The fourth-order valence-electron chi connectivity index (χ4n) is 2.49. The quantitative estimate of drug-likeness (QED) is 0.613. The molecule has 0 atom stereocenters. The van der Waals surface area contributed by atoms with Gasteiger partial charge in [0.25, 0.3) is 5.91 Å². The minimum Gasteiger partial charge on any atom is -0.282 e. The molecule has 1 aromatic heterocycles. The van der Waals surface area contributed by atoms with E-state index in [1.165, 1.54) is 28.4 Å². The van der Waals surface area contributed by atoms with Gasteiger partial charge in [0.15, 0.2) is 0 Å². The third kappa shape index (κ3) is 3.70. The minimum absolute atomic E-state index is 0.0352. The van der Waals surface area contributed by atoms with E-state index in [0.29, 0.717) is 16.7 Å². The lowest BCUT2D eigenvalue weighted by atomic mass is 10.1. The summed E-state index contributed by atoms with van der Waals surface area (Å²) in [4.78, 5) is 14.3. The van der Waals surface area contributed by atoms with Gasteiger partial charge in [-0.15, -0.1) is 10.2 Å². The molecule has 2 aromatic carbocycles. The molecule has 26 heavy (non-hydrogen) atoms. The number of rotatable bonds is 6. The fraction of sp³-hybridized carbons (Fsp3) is 0.150. The molecule has 0 aliphatic rings. The topological polar surface area (TPSA) is 46.1 Å². The van der Waals surface area contributed by atoms with Gasteiger partial charge < -0.3 is 0 Å². The molecule has 1 amide bonds. The summed E-state index contributed by atoms with van der Waals surface area (Å²) in [6.07, 6.45) is 2.49. The monoisotopic (exact) mass is 367 g/mol. The van der Waals surface area contributed by atoms with Gasteiger partial charge in [-0.3, -0.25) is 9.69 Å². The number of carbonyl (C=O) groups is 1. The molecule has 0 saturated heterocycles. The van der Waals surface area contributed by atoms with Crippen molar-refractivity contribution in [2.75, 3.05) is 11.4 Å². The molecule has 0 unspecified atom stereocenters. The summed E-state index contributed by atoms with van der Waals surface area (Å²) in [5.41, 5.74) is 1.96. The molecule has 0 bridgehead atoms. The summed E-state index contributed by atoms with van der Waals surface area (Å²) in [6, 6.07) is 13.7. The molecular weight excluding hydrogens is 349 g/mol. The van der Waals surface area contributed by atoms with Crippen LogP contribution in [0, 0.1) is 5.82 Å². The first-order valence-electron chi connectivity index (χ1n) is 8.26. The van der Waals surface area contributed by atoms with Crippen LogP contribution in [0.2, 0.25) is 0 Å². The van der Waals surface area contributed by atoms with Crippen molar-refractivity contribution in [3.63, 3.8) is 0 Å². The van der Waals surface area contributed by atoms with Crippen LogP contribution in [-0.4, -0.2) is 22.6 Å². The fourth-order valence-corrected chi connectivity index (χ4v) is 3.37.